The number of ether oxygens (including phenoxy) is 1. The lowest BCUT2D eigenvalue weighted by atomic mass is 10.3. The summed E-state index contributed by atoms with van der Waals surface area (Å²) in [5.41, 5.74) is 0.459. The molecular formula is C12H12BrClN2O3S. The van der Waals surface area contributed by atoms with E-state index in [-0.39, 0.29) is 17.2 Å². The fraction of sp³-hybridized carbons (Fsp3) is 0.167. The summed E-state index contributed by atoms with van der Waals surface area (Å²) >= 11 is 9.13. The van der Waals surface area contributed by atoms with Crippen LogP contribution in [-0.2, 0) is 10.0 Å². The molecule has 0 radical (unpaired) electrons. The van der Waals surface area contributed by atoms with E-state index in [1.54, 1.807) is 30.5 Å². The highest BCUT2D eigenvalue weighted by Gasteiger charge is 2.21. The third kappa shape index (κ3) is 3.47. The van der Waals surface area contributed by atoms with E-state index < -0.39 is 10.0 Å². The van der Waals surface area contributed by atoms with Crippen LogP contribution in [0.2, 0.25) is 0 Å². The Hall–Kier alpha value is -1.18. The van der Waals surface area contributed by atoms with Gasteiger partial charge in [0.1, 0.15) is 10.6 Å². The molecule has 8 heteroatoms. The molecule has 0 amide bonds. The Balaban J connectivity index is 2.31. The number of hydrogen-bond donors (Lipinski definition) is 1. The molecule has 0 atom stereocenters. The Bertz CT molecular complexity index is 673. The van der Waals surface area contributed by atoms with Gasteiger partial charge in [0.2, 0.25) is 0 Å². The van der Waals surface area contributed by atoms with Crippen LogP contribution in [0.4, 0.5) is 0 Å². The average molecular weight is 380 g/mol. The van der Waals surface area contributed by atoms with Crippen molar-refractivity contribution in [1.82, 2.24) is 9.14 Å². The molecule has 2 rings (SSSR count). The van der Waals surface area contributed by atoms with Gasteiger partial charge in [-0.05, 0) is 34.1 Å². The van der Waals surface area contributed by atoms with Gasteiger partial charge in [-0.2, -0.15) is 0 Å². The van der Waals surface area contributed by atoms with E-state index in [1.165, 1.54) is 17.6 Å². The number of nitrogens with zero attached hydrogens (tertiary/aromatic N) is 1. The normalized spacial score (nSPS) is 15.4. The molecule has 0 aromatic heterocycles. The van der Waals surface area contributed by atoms with Crippen LogP contribution in [0.3, 0.4) is 0 Å². The number of nitrogens with one attached hydrogen (secondary N) is 1. The van der Waals surface area contributed by atoms with E-state index in [2.05, 4.69) is 20.7 Å². The maximum Gasteiger partial charge on any atom is 0.265 e. The van der Waals surface area contributed by atoms with Gasteiger partial charge in [0.05, 0.1) is 13.7 Å². The highest BCUT2D eigenvalue weighted by molar-refractivity contribution is 9.11. The molecule has 0 saturated heterocycles. The monoisotopic (exact) mass is 378 g/mol. The maximum atomic E-state index is 12.4. The molecule has 1 N–H and O–H groups in total. The molecule has 1 heterocycles. The molecule has 0 spiro atoms. The minimum absolute atomic E-state index is 0.0789. The molecule has 1 aliphatic heterocycles. The smallest absolute Gasteiger partial charge is 0.265 e. The van der Waals surface area contributed by atoms with Crippen molar-refractivity contribution in [2.75, 3.05) is 13.7 Å². The molecule has 0 unspecified atom stereocenters. The Morgan fingerprint density at radius 2 is 2.10 bits per heavy atom. The second-order valence-electron chi connectivity index (χ2n) is 4.00. The SMILES string of the molecule is COc1ccccc1S(=O)(=O)NC1=CC(Br)=CN(Cl)C1. The van der Waals surface area contributed by atoms with Crippen LogP contribution in [0, 0.1) is 0 Å². The first-order valence-corrected chi connectivity index (χ1v) is 8.20. The quantitative estimate of drug-likeness (QED) is 0.817. The van der Waals surface area contributed by atoms with Crippen molar-refractivity contribution in [3.8, 4) is 5.75 Å². The molecule has 1 aliphatic rings. The molecule has 1 aromatic carbocycles. The Morgan fingerprint density at radius 3 is 2.75 bits per heavy atom. The first-order valence-electron chi connectivity index (χ1n) is 5.58. The molecule has 0 bridgehead atoms. The van der Waals surface area contributed by atoms with Crippen LogP contribution >= 0.6 is 27.7 Å². The van der Waals surface area contributed by atoms with Crippen molar-refractivity contribution in [3.05, 3.63) is 46.7 Å². The maximum absolute atomic E-state index is 12.4. The molecule has 0 aliphatic carbocycles. The summed E-state index contributed by atoms with van der Waals surface area (Å²) in [5.74, 6) is 0.286. The molecule has 108 valence electrons. The van der Waals surface area contributed by atoms with E-state index >= 15 is 0 Å². The van der Waals surface area contributed by atoms with E-state index in [1.807, 2.05) is 0 Å². The van der Waals surface area contributed by atoms with Crippen molar-refractivity contribution in [2.45, 2.75) is 4.90 Å². The lowest BCUT2D eigenvalue weighted by molar-refractivity contribution is 0.402. The largest absolute Gasteiger partial charge is 0.495 e. The second kappa shape index (κ2) is 6.07. The number of allylic oxidation sites excluding steroid dienone is 2. The third-order valence-electron chi connectivity index (χ3n) is 2.52. The van der Waals surface area contributed by atoms with Crippen LogP contribution < -0.4 is 9.46 Å². The Kier molecular flexibility index (Phi) is 4.62. The van der Waals surface area contributed by atoms with Crippen molar-refractivity contribution in [3.63, 3.8) is 0 Å². The summed E-state index contributed by atoms with van der Waals surface area (Å²) in [6, 6.07) is 6.41. The number of sulfonamides is 1. The van der Waals surface area contributed by atoms with Crippen LogP contribution in [-0.4, -0.2) is 26.5 Å². The minimum atomic E-state index is -3.73. The third-order valence-corrected chi connectivity index (χ3v) is 4.62. The zero-order valence-corrected chi connectivity index (χ0v) is 13.7. The molecule has 0 saturated carbocycles. The number of benzene rings is 1. The zero-order valence-electron chi connectivity index (χ0n) is 10.5. The first kappa shape index (κ1) is 15.2. The van der Waals surface area contributed by atoms with Gasteiger partial charge < -0.3 is 4.74 Å². The Labute approximate surface area is 131 Å². The van der Waals surface area contributed by atoms with Crippen molar-refractivity contribution < 1.29 is 13.2 Å². The lowest BCUT2D eigenvalue weighted by Gasteiger charge is -2.20. The average Bonchev–Trinajstić information content (AvgIpc) is 2.36. The van der Waals surface area contributed by atoms with Gasteiger partial charge in [-0.3, -0.25) is 9.14 Å². The molecule has 0 fully saturated rings. The highest BCUT2D eigenvalue weighted by atomic mass is 79.9. The summed E-state index contributed by atoms with van der Waals surface area (Å²) in [7, 11) is -2.30. The van der Waals surface area contributed by atoms with Crippen LogP contribution in [0.1, 0.15) is 0 Å². The first-order chi connectivity index (χ1) is 9.42. The zero-order chi connectivity index (χ0) is 14.8. The van der Waals surface area contributed by atoms with Crippen molar-refractivity contribution in [1.29, 1.82) is 0 Å². The van der Waals surface area contributed by atoms with Crippen molar-refractivity contribution >= 4 is 37.7 Å². The van der Waals surface area contributed by atoms with Gasteiger partial charge in [-0.25, -0.2) is 8.42 Å². The number of halogens is 2. The molecule has 20 heavy (non-hydrogen) atoms. The highest BCUT2D eigenvalue weighted by Crippen LogP contribution is 2.25. The van der Waals surface area contributed by atoms with E-state index in [0.29, 0.717) is 10.2 Å². The van der Waals surface area contributed by atoms with Gasteiger partial charge in [-0.15, -0.1) is 0 Å². The van der Waals surface area contributed by atoms with E-state index in [4.69, 9.17) is 16.5 Å². The van der Waals surface area contributed by atoms with Crippen LogP contribution in [0.25, 0.3) is 0 Å². The van der Waals surface area contributed by atoms with Gasteiger partial charge in [0.25, 0.3) is 10.0 Å². The molecule has 5 nitrogen and oxygen atoms in total. The van der Waals surface area contributed by atoms with Gasteiger partial charge >= 0.3 is 0 Å². The summed E-state index contributed by atoms with van der Waals surface area (Å²) < 4.78 is 34.3. The molecular weight excluding hydrogens is 368 g/mol. The van der Waals surface area contributed by atoms with Gasteiger partial charge in [0, 0.05) is 28.2 Å². The summed E-state index contributed by atoms with van der Waals surface area (Å²) in [4.78, 5) is 0.0789. The van der Waals surface area contributed by atoms with E-state index in [0.717, 1.165) is 0 Å². The summed E-state index contributed by atoms with van der Waals surface area (Å²) in [6.07, 6.45) is 3.30. The summed E-state index contributed by atoms with van der Waals surface area (Å²) in [6.45, 7) is 0.255. The fourth-order valence-corrected chi connectivity index (χ4v) is 3.85. The number of hydrogen-bond acceptors (Lipinski definition) is 4. The van der Waals surface area contributed by atoms with Crippen molar-refractivity contribution in [2.24, 2.45) is 0 Å². The predicted molar refractivity (Wildman–Crippen MR) is 81.0 cm³/mol. The fourth-order valence-electron chi connectivity index (χ4n) is 1.72. The Morgan fingerprint density at radius 1 is 1.40 bits per heavy atom. The molecule has 1 aromatic rings. The summed E-state index contributed by atoms with van der Waals surface area (Å²) in [5, 5.41) is 0. The minimum Gasteiger partial charge on any atom is -0.495 e. The van der Waals surface area contributed by atoms with Gasteiger partial charge in [-0.1, -0.05) is 12.1 Å². The lowest BCUT2D eigenvalue weighted by Crippen LogP contribution is -2.29. The van der Waals surface area contributed by atoms with E-state index in [9.17, 15) is 8.42 Å². The van der Waals surface area contributed by atoms with Gasteiger partial charge in [0.15, 0.2) is 0 Å². The standard InChI is InChI=1S/C12H12BrClN2O3S/c1-19-11-4-2-3-5-12(11)20(17,18)15-10-6-9(13)7-16(14)8-10/h2-7,15H,8H2,1H3. The second-order valence-corrected chi connectivity index (χ2v) is 7.00. The predicted octanol–water partition coefficient (Wildman–Crippen LogP) is 2.56. The van der Waals surface area contributed by atoms with Crippen LogP contribution in [0.5, 0.6) is 5.75 Å². The van der Waals surface area contributed by atoms with Crippen LogP contribution in [0.15, 0.2) is 51.6 Å². The number of methoxy groups -OCH3 is 1. The number of para-hydroxylation sites is 1. The topological polar surface area (TPSA) is 58.6 Å². The number of rotatable bonds is 4.